The third-order valence-corrected chi connectivity index (χ3v) is 1.89. The molecule has 0 aliphatic heterocycles. The molecule has 0 bridgehead atoms. The average Bonchev–Trinajstić information content (AvgIpc) is 2.65. The molecule has 1 N–H and O–H groups in total. The highest BCUT2D eigenvalue weighted by molar-refractivity contribution is 5.93. The number of carboxylic acids is 1. The van der Waals surface area contributed by atoms with E-state index >= 15 is 0 Å². The molecule has 15 heavy (non-hydrogen) atoms. The Morgan fingerprint density at radius 1 is 1.47 bits per heavy atom. The van der Waals surface area contributed by atoms with E-state index in [0.29, 0.717) is 5.56 Å². The largest absolute Gasteiger partial charge is 0.477 e. The molecule has 1 heterocycles. The summed E-state index contributed by atoms with van der Waals surface area (Å²) < 4.78 is 17.7. The molecule has 0 saturated carbocycles. The van der Waals surface area contributed by atoms with Crippen molar-refractivity contribution in [2.24, 2.45) is 0 Å². The van der Waals surface area contributed by atoms with Crippen LogP contribution in [0.2, 0.25) is 0 Å². The highest BCUT2D eigenvalue weighted by atomic mass is 19.1. The Morgan fingerprint density at radius 2 is 2.27 bits per heavy atom. The van der Waals surface area contributed by atoms with E-state index < -0.39 is 11.8 Å². The summed E-state index contributed by atoms with van der Waals surface area (Å²) in [5.74, 6) is -1.56. The number of aromatic nitrogens is 1. The summed E-state index contributed by atoms with van der Waals surface area (Å²) in [6.07, 6.45) is 1.09. The van der Waals surface area contributed by atoms with Crippen LogP contribution in [0.3, 0.4) is 0 Å². The van der Waals surface area contributed by atoms with E-state index in [1.165, 1.54) is 18.2 Å². The fraction of sp³-hybridized carbons (Fsp3) is 0. The number of carboxylic acid groups (broad SMARTS) is 1. The molecule has 0 spiro atoms. The summed E-state index contributed by atoms with van der Waals surface area (Å²) in [7, 11) is 0. The van der Waals surface area contributed by atoms with Crippen LogP contribution >= 0.6 is 0 Å². The lowest BCUT2D eigenvalue weighted by atomic mass is 10.1. The highest BCUT2D eigenvalue weighted by Gasteiger charge is 2.16. The zero-order valence-electron chi connectivity index (χ0n) is 7.48. The van der Waals surface area contributed by atoms with Gasteiger partial charge in [0.1, 0.15) is 11.4 Å². The van der Waals surface area contributed by atoms with Crippen molar-refractivity contribution >= 4 is 5.97 Å². The second-order valence-corrected chi connectivity index (χ2v) is 2.88. The van der Waals surface area contributed by atoms with Gasteiger partial charge in [-0.1, -0.05) is 17.3 Å². The molecular formula is C10H6FNO3. The lowest BCUT2D eigenvalue weighted by molar-refractivity contribution is 0.0697. The first-order chi connectivity index (χ1) is 7.18. The maximum absolute atomic E-state index is 12.9. The minimum Gasteiger partial charge on any atom is -0.477 e. The van der Waals surface area contributed by atoms with E-state index in [1.807, 2.05) is 0 Å². The summed E-state index contributed by atoms with van der Waals surface area (Å²) in [4.78, 5) is 10.7. The van der Waals surface area contributed by atoms with Gasteiger partial charge in [0, 0.05) is 5.56 Å². The van der Waals surface area contributed by atoms with Gasteiger partial charge < -0.3 is 9.63 Å². The van der Waals surface area contributed by atoms with Gasteiger partial charge in [0.05, 0.1) is 6.20 Å². The molecule has 0 unspecified atom stereocenters. The van der Waals surface area contributed by atoms with Crippen LogP contribution in [0.25, 0.3) is 11.3 Å². The van der Waals surface area contributed by atoms with Crippen molar-refractivity contribution in [2.45, 2.75) is 0 Å². The van der Waals surface area contributed by atoms with E-state index in [0.717, 1.165) is 6.20 Å². The number of nitrogens with zero attached hydrogens (tertiary/aromatic N) is 1. The van der Waals surface area contributed by atoms with Crippen molar-refractivity contribution in [3.63, 3.8) is 0 Å². The quantitative estimate of drug-likeness (QED) is 0.819. The molecule has 0 fully saturated rings. The van der Waals surface area contributed by atoms with Crippen LogP contribution < -0.4 is 0 Å². The maximum atomic E-state index is 12.9. The van der Waals surface area contributed by atoms with Gasteiger partial charge in [-0.15, -0.1) is 0 Å². The number of halogens is 1. The fourth-order valence-corrected chi connectivity index (χ4v) is 1.23. The number of hydrogen-bond acceptors (Lipinski definition) is 3. The molecule has 0 saturated heterocycles. The fourth-order valence-electron chi connectivity index (χ4n) is 1.23. The Kier molecular flexibility index (Phi) is 2.21. The Bertz CT molecular complexity index is 507. The van der Waals surface area contributed by atoms with E-state index in [2.05, 4.69) is 5.16 Å². The molecule has 1 aromatic heterocycles. The van der Waals surface area contributed by atoms with Crippen LogP contribution in [-0.4, -0.2) is 16.2 Å². The van der Waals surface area contributed by atoms with Gasteiger partial charge in [0.15, 0.2) is 5.76 Å². The second-order valence-electron chi connectivity index (χ2n) is 2.88. The number of carbonyl (C=O) groups is 1. The van der Waals surface area contributed by atoms with E-state index in [9.17, 15) is 9.18 Å². The normalized spacial score (nSPS) is 10.2. The number of benzene rings is 1. The van der Waals surface area contributed by atoms with Crippen LogP contribution in [0.5, 0.6) is 0 Å². The number of hydrogen-bond donors (Lipinski definition) is 1. The van der Waals surface area contributed by atoms with Crippen LogP contribution in [-0.2, 0) is 0 Å². The third kappa shape index (κ3) is 1.71. The molecule has 76 valence electrons. The monoisotopic (exact) mass is 207 g/mol. The zero-order valence-corrected chi connectivity index (χ0v) is 7.48. The van der Waals surface area contributed by atoms with Crippen molar-refractivity contribution in [1.29, 1.82) is 0 Å². The molecule has 4 nitrogen and oxygen atoms in total. The Balaban J connectivity index is 2.54. The number of rotatable bonds is 2. The van der Waals surface area contributed by atoms with Crippen molar-refractivity contribution in [3.05, 3.63) is 41.8 Å². The van der Waals surface area contributed by atoms with Crippen LogP contribution in [0.4, 0.5) is 4.39 Å². The molecule has 0 radical (unpaired) electrons. The summed E-state index contributed by atoms with van der Waals surface area (Å²) in [6.45, 7) is 0. The predicted octanol–water partition coefficient (Wildman–Crippen LogP) is 2.18. The van der Waals surface area contributed by atoms with Crippen molar-refractivity contribution in [3.8, 4) is 11.3 Å². The first-order valence-corrected chi connectivity index (χ1v) is 4.12. The van der Waals surface area contributed by atoms with E-state index in [4.69, 9.17) is 9.63 Å². The molecule has 0 aliphatic rings. The summed E-state index contributed by atoms with van der Waals surface area (Å²) in [5.41, 5.74) is 0.269. The third-order valence-electron chi connectivity index (χ3n) is 1.89. The molecular weight excluding hydrogens is 201 g/mol. The van der Waals surface area contributed by atoms with Gasteiger partial charge in [-0.25, -0.2) is 9.18 Å². The molecule has 1 aromatic carbocycles. The van der Waals surface area contributed by atoms with Gasteiger partial charge in [-0.3, -0.25) is 0 Å². The minimum absolute atomic E-state index is 0.0574. The van der Waals surface area contributed by atoms with Gasteiger partial charge in [0.2, 0.25) is 0 Å². The topological polar surface area (TPSA) is 63.3 Å². The Hall–Kier alpha value is -2.17. The predicted molar refractivity (Wildman–Crippen MR) is 48.9 cm³/mol. The smallest absolute Gasteiger partial charge is 0.341 e. The van der Waals surface area contributed by atoms with Crippen LogP contribution in [0.1, 0.15) is 10.4 Å². The standard InChI is InChI=1S/C10H6FNO3/c11-7-3-1-2-6(4-7)9-8(10(13)14)5-12-15-9/h1-5H,(H,13,14). The van der Waals surface area contributed by atoms with Gasteiger partial charge in [-0.05, 0) is 12.1 Å². The van der Waals surface area contributed by atoms with Crippen molar-refractivity contribution < 1.29 is 18.8 Å². The van der Waals surface area contributed by atoms with Crippen molar-refractivity contribution in [2.75, 3.05) is 0 Å². The molecule has 2 aromatic rings. The lowest BCUT2D eigenvalue weighted by Gasteiger charge is -1.97. The first-order valence-electron chi connectivity index (χ1n) is 4.12. The Labute approximate surface area is 83.9 Å². The maximum Gasteiger partial charge on any atom is 0.341 e. The second kappa shape index (κ2) is 3.53. The van der Waals surface area contributed by atoms with Crippen LogP contribution in [0.15, 0.2) is 35.0 Å². The first kappa shape index (κ1) is 9.39. The molecule has 2 rings (SSSR count). The molecule has 0 atom stereocenters. The van der Waals surface area contributed by atoms with Crippen molar-refractivity contribution in [1.82, 2.24) is 5.16 Å². The van der Waals surface area contributed by atoms with Gasteiger partial charge in [-0.2, -0.15) is 0 Å². The zero-order chi connectivity index (χ0) is 10.8. The minimum atomic E-state index is -1.16. The molecule has 5 heteroatoms. The Morgan fingerprint density at radius 3 is 2.93 bits per heavy atom. The molecule has 0 amide bonds. The average molecular weight is 207 g/mol. The highest BCUT2D eigenvalue weighted by Crippen LogP contribution is 2.23. The summed E-state index contributed by atoms with van der Waals surface area (Å²) >= 11 is 0. The van der Waals surface area contributed by atoms with Gasteiger partial charge >= 0.3 is 5.97 Å². The lowest BCUT2D eigenvalue weighted by Crippen LogP contribution is -1.95. The van der Waals surface area contributed by atoms with Gasteiger partial charge in [0.25, 0.3) is 0 Å². The SMILES string of the molecule is O=C(O)c1cnoc1-c1cccc(F)c1. The van der Waals surface area contributed by atoms with E-state index in [-0.39, 0.29) is 11.3 Å². The van der Waals surface area contributed by atoms with Crippen LogP contribution in [0, 0.1) is 5.82 Å². The van der Waals surface area contributed by atoms with E-state index in [1.54, 1.807) is 6.07 Å². The summed E-state index contributed by atoms with van der Waals surface area (Å²) in [6, 6.07) is 5.47. The molecule has 0 aliphatic carbocycles. The summed E-state index contributed by atoms with van der Waals surface area (Å²) in [5, 5.41) is 12.2. The number of aromatic carboxylic acids is 1.